The number of hydrogen-bond donors (Lipinski definition) is 5. The first-order chi connectivity index (χ1) is 15.4. The Hall–Kier alpha value is -2.91. The van der Waals surface area contributed by atoms with Crippen LogP contribution in [-0.2, 0) is 13.1 Å². The Morgan fingerprint density at radius 3 is 1.41 bits per heavy atom. The molecule has 0 radical (unpaired) electrons. The number of hydrogen-bond acceptors (Lipinski definition) is 5. The zero-order valence-electron chi connectivity index (χ0n) is 17.9. The Morgan fingerprint density at radius 1 is 0.688 bits per heavy atom. The monoisotopic (exact) mass is 467 g/mol. The van der Waals surface area contributed by atoms with E-state index < -0.39 is 0 Å². The number of benzene rings is 2. The molecule has 0 saturated carbocycles. The van der Waals surface area contributed by atoms with E-state index in [0.717, 1.165) is 58.4 Å². The first kappa shape index (κ1) is 23.7. The predicted octanol–water partition coefficient (Wildman–Crippen LogP) is 3.70. The van der Waals surface area contributed by atoms with Crippen LogP contribution in [0.1, 0.15) is 24.0 Å². The summed E-state index contributed by atoms with van der Waals surface area (Å²) in [7, 11) is 0. The molecule has 168 valence electrons. The lowest BCUT2D eigenvalue weighted by Gasteiger charge is -2.06. The molecule has 7 N–H and O–H groups in total. The van der Waals surface area contributed by atoms with Crippen molar-refractivity contribution in [1.82, 2.24) is 9.13 Å². The molecular formula is C23H29N7S2. The number of nitrogens with zero attached hydrogens (tertiary/aromatic N) is 2. The van der Waals surface area contributed by atoms with Crippen LogP contribution in [-0.4, -0.2) is 32.3 Å². The molecule has 0 fully saturated rings. The first-order valence-corrected chi connectivity index (χ1v) is 12.4. The van der Waals surface area contributed by atoms with Gasteiger partial charge in [0.1, 0.15) is 11.7 Å². The van der Waals surface area contributed by atoms with Gasteiger partial charge >= 0.3 is 0 Å². The number of thioether (sulfide) groups is 2. The molecular weight excluding hydrogens is 438 g/mol. The first-order valence-electron chi connectivity index (χ1n) is 10.4. The number of nitrogens with one attached hydrogen (secondary N) is 3. The molecule has 32 heavy (non-hydrogen) atoms. The Morgan fingerprint density at radius 2 is 1.06 bits per heavy atom. The highest BCUT2D eigenvalue weighted by atomic mass is 32.2. The van der Waals surface area contributed by atoms with Gasteiger partial charge in [-0.1, -0.05) is 24.3 Å². The van der Waals surface area contributed by atoms with Crippen molar-refractivity contribution in [3.63, 3.8) is 0 Å². The second kappa shape index (κ2) is 11.6. The van der Waals surface area contributed by atoms with E-state index in [-0.39, 0.29) is 11.7 Å². The molecule has 0 atom stereocenters. The Kier molecular flexibility index (Phi) is 8.64. The lowest BCUT2D eigenvalue weighted by Crippen LogP contribution is -2.24. The largest absolute Gasteiger partial charge is 0.384 e. The molecule has 0 aliphatic carbocycles. The van der Waals surface area contributed by atoms with Gasteiger partial charge < -0.3 is 20.6 Å². The molecule has 1 aromatic heterocycles. The topological polar surface area (TPSA) is 133 Å². The van der Waals surface area contributed by atoms with Crippen LogP contribution in [0.5, 0.6) is 0 Å². The van der Waals surface area contributed by atoms with Crippen molar-refractivity contribution in [3.8, 4) is 0 Å². The van der Waals surface area contributed by atoms with Crippen LogP contribution in [0, 0.1) is 16.2 Å². The summed E-state index contributed by atoms with van der Waals surface area (Å²) in [6.07, 6.45) is 5.93. The van der Waals surface area contributed by atoms with Gasteiger partial charge in [0, 0.05) is 46.4 Å². The highest BCUT2D eigenvalue weighted by Crippen LogP contribution is 2.20. The standard InChI is InChI=1S/C23H29N7S2/c24-21(25)17-3-7-19(8-4-17)31-15-1-11-29-13-14-30(23(29)28)12-2-16-32-20-9-5-18(6-10-20)22(26)27/h3-10,13-14,28H,1-2,11-12,15-16H2,(H3,24,25)(H3,26,27). The van der Waals surface area contributed by atoms with Crippen LogP contribution in [0.25, 0.3) is 0 Å². The Bertz CT molecular complexity index is 1010. The average Bonchev–Trinajstić information content (AvgIpc) is 3.14. The second-order valence-electron chi connectivity index (χ2n) is 7.29. The van der Waals surface area contributed by atoms with E-state index in [0.29, 0.717) is 5.62 Å². The van der Waals surface area contributed by atoms with E-state index in [1.54, 1.807) is 23.5 Å². The molecule has 0 aliphatic heterocycles. The van der Waals surface area contributed by atoms with Gasteiger partial charge in [0.15, 0.2) is 0 Å². The highest BCUT2D eigenvalue weighted by Gasteiger charge is 2.03. The van der Waals surface area contributed by atoms with Gasteiger partial charge in [0.25, 0.3) is 0 Å². The average molecular weight is 468 g/mol. The van der Waals surface area contributed by atoms with E-state index in [4.69, 9.17) is 27.7 Å². The summed E-state index contributed by atoms with van der Waals surface area (Å²) in [6.45, 7) is 1.64. The van der Waals surface area contributed by atoms with Crippen molar-refractivity contribution < 1.29 is 0 Å². The molecule has 0 amide bonds. The minimum atomic E-state index is 0.0901. The van der Waals surface area contributed by atoms with Crippen molar-refractivity contribution in [2.45, 2.75) is 35.7 Å². The number of amidine groups is 2. The quantitative estimate of drug-likeness (QED) is 0.120. The third kappa shape index (κ3) is 6.80. The molecule has 0 aliphatic rings. The molecule has 0 unspecified atom stereocenters. The molecule has 1 heterocycles. The molecule has 7 nitrogen and oxygen atoms in total. The third-order valence-electron chi connectivity index (χ3n) is 4.93. The normalized spacial score (nSPS) is 10.9. The van der Waals surface area contributed by atoms with Crippen molar-refractivity contribution in [1.29, 1.82) is 16.2 Å². The summed E-state index contributed by atoms with van der Waals surface area (Å²) in [6, 6.07) is 15.5. The Labute approximate surface area is 196 Å². The molecule has 3 rings (SSSR count). The lowest BCUT2D eigenvalue weighted by molar-refractivity contribution is 0.574. The van der Waals surface area contributed by atoms with Gasteiger partial charge in [0.05, 0.1) is 0 Å². The highest BCUT2D eigenvalue weighted by molar-refractivity contribution is 7.99. The van der Waals surface area contributed by atoms with Gasteiger partial charge in [0.2, 0.25) is 5.62 Å². The minimum absolute atomic E-state index is 0.0901. The van der Waals surface area contributed by atoms with Gasteiger partial charge in [-0.2, -0.15) is 0 Å². The van der Waals surface area contributed by atoms with Crippen LogP contribution in [0.3, 0.4) is 0 Å². The zero-order chi connectivity index (χ0) is 22.9. The maximum absolute atomic E-state index is 8.40. The van der Waals surface area contributed by atoms with Gasteiger partial charge in [-0.25, -0.2) is 0 Å². The zero-order valence-corrected chi connectivity index (χ0v) is 19.5. The van der Waals surface area contributed by atoms with Crippen LogP contribution in [0.2, 0.25) is 0 Å². The molecule has 0 bridgehead atoms. The van der Waals surface area contributed by atoms with Gasteiger partial charge in [-0.05, 0) is 48.6 Å². The van der Waals surface area contributed by atoms with E-state index in [9.17, 15) is 0 Å². The van der Waals surface area contributed by atoms with Crippen molar-refractivity contribution in [3.05, 3.63) is 77.7 Å². The van der Waals surface area contributed by atoms with Crippen LogP contribution < -0.4 is 17.1 Å². The fourth-order valence-corrected chi connectivity index (χ4v) is 4.81. The SMILES string of the molecule is N=C(N)c1ccc(SCCCn2ccn(CCCSc3ccc(C(=N)N)cc3)c2=N)cc1. The van der Waals surface area contributed by atoms with E-state index in [2.05, 4.69) is 0 Å². The molecule has 2 aromatic carbocycles. The smallest absolute Gasteiger partial charge is 0.202 e. The number of nitrogens with two attached hydrogens (primary N) is 2. The lowest BCUT2D eigenvalue weighted by atomic mass is 10.2. The number of aromatic nitrogens is 2. The van der Waals surface area contributed by atoms with Crippen molar-refractivity contribution in [2.24, 2.45) is 11.5 Å². The van der Waals surface area contributed by atoms with E-state index in [1.807, 2.05) is 70.1 Å². The summed E-state index contributed by atoms with van der Waals surface area (Å²) in [5.74, 6) is 2.12. The van der Waals surface area contributed by atoms with E-state index >= 15 is 0 Å². The number of rotatable bonds is 12. The molecule has 3 aromatic rings. The summed E-state index contributed by atoms with van der Waals surface area (Å²) in [4.78, 5) is 2.33. The van der Waals surface area contributed by atoms with Gasteiger partial charge in [-0.15, -0.1) is 23.5 Å². The van der Waals surface area contributed by atoms with Crippen molar-refractivity contribution >= 4 is 35.2 Å². The molecule has 9 heteroatoms. The summed E-state index contributed by atoms with van der Waals surface area (Å²) >= 11 is 3.55. The van der Waals surface area contributed by atoms with Gasteiger partial charge in [-0.3, -0.25) is 16.2 Å². The van der Waals surface area contributed by atoms with E-state index in [1.165, 1.54) is 0 Å². The van der Waals surface area contributed by atoms with Crippen molar-refractivity contribution in [2.75, 3.05) is 11.5 Å². The third-order valence-corrected chi connectivity index (χ3v) is 7.12. The summed E-state index contributed by atoms with van der Waals surface area (Å²) in [5, 5.41) is 23.3. The fraction of sp³-hybridized carbons (Fsp3) is 0.261. The number of imidazole rings is 1. The van der Waals surface area contributed by atoms with Crippen LogP contribution >= 0.6 is 23.5 Å². The second-order valence-corrected chi connectivity index (χ2v) is 9.63. The maximum Gasteiger partial charge on any atom is 0.202 e. The number of aryl methyl sites for hydroxylation is 2. The van der Waals surface area contributed by atoms with Crippen LogP contribution in [0.4, 0.5) is 0 Å². The molecule has 0 spiro atoms. The molecule has 0 saturated heterocycles. The summed E-state index contributed by atoms with van der Waals surface area (Å²) in [5.41, 5.74) is 13.0. The Balaban J connectivity index is 1.37. The maximum atomic E-state index is 8.40. The number of nitrogen functional groups attached to an aromatic ring is 2. The predicted molar refractivity (Wildman–Crippen MR) is 134 cm³/mol. The fourth-order valence-electron chi connectivity index (χ4n) is 3.14. The van der Waals surface area contributed by atoms with Crippen LogP contribution in [0.15, 0.2) is 70.7 Å². The minimum Gasteiger partial charge on any atom is -0.384 e. The summed E-state index contributed by atoms with van der Waals surface area (Å²) < 4.78 is 3.99.